The summed E-state index contributed by atoms with van der Waals surface area (Å²) >= 11 is 0. The number of rotatable bonds is 7. The molecule has 3 heterocycles. The molecule has 36 heavy (non-hydrogen) atoms. The normalized spacial score (nSPS) is 21.1. The molecule has 1 aromatic carbocycles. The number of carbonyl (C=O) groups excluding carboxylic acids is 1. The minimum absolute atomic E-state index is 0.0149. The highest BCUT2D eigenvalue weighted by Gasteiger charge is 2.36. The second kappa shape index (κ2) is 9.51. The number of ether oxygens (including phenoxy) is 1. The molecule has 190 valence electrons. The van der Waals surface area contributed by atoms with Crippen LogP contribution in [0.1, 0.15) is 36.0 Å². The third-order valence-electron chi connectivity index (χ3n) is 6.56. The molecule has 1 aliphatic carbocycles. The van der Waals surface area contributed by atoms with Gasteiger partial charge in [0.1, 0.15) is 30.1 Å². The van der Waals surface area contributed by atoms with E-state index < -0.39 is 35.1 Å². The van der Waals surface area contributed by atoms with E-state index in [2.05, 4.69) is 25.6 Å². The summed E-state index contributed by atoms with van der Waals surface area (Å²) in [5, 5.41) is 16.3. The van der Waals surface area contributed by atoms with Gasteiger partial charge in [-0.05, 0) is 37.5 Å². The number of aromatic nitrogens is 3. The van der Waals surface area contributed by atoms with Crippen LogP contribution in [0.25, 0.3) is 22.3 Å². The Kier molecular flexibility index (Phi) is 6.39. The van der Waals surface area contributed by atoms with Crippen molar-refractivity contribution in [1.82, 2.24) is 20.3 Å². The van der Waals surface area contributed by atoms with Crippen LogP contribution in [0.4, 0.5) is 19.0 Å². The Morgan fingerprint density at radius 3 is 2.58 bits per heavy atom. The first-order chi connectivity index (χ1) is 17.2. The molecule has 1 saturated heterocycles. The average Bonchev–Trinajstić information content (AvgIpc) is 2.82. The molecule has 5 N–H and O–H groups in total. The van der Waals surface area contributed by atoms with Crippen molar-refractivity contribution in [2.45, 2.75) is 43.5 Å². The lowest BCUT2D eigenvalue weighted by atomic mass is 9.81. The van der Waals surface area contributed by atoms with Gasteiger partial charge in [-0.15, -0.1) is 0 Å². The van der Waals surface area contributed by atoms with Crippen LogP contribution in [0.15, 0.2) is 24.5 Å². The topological polar surface area (TPSA) is 135 Å². The molecule has 1 saturated carbocycles. The fraction of sp³-hybridized carbons (Fsp3) is 0.417. The largest absolute Gasteiger partial charge is 0.485 e. The molecule has 12 heteroatoms. The lowest BCUT2D eigenvalue weighted by Crippen LogP contribution is -2.44. The average molecular weight is 502 g/mol. The van der Waals surface area contributed by atoms with E-state index in [0.29, 0.717) is 19.4 Å². The maximum absolute atomic E-state index is 14.8. The Balaban J connectivity index is 1.52. The molecule has 1 amide bonds. The number of halogens is 3. The molecule has 2 aliphatic rings. The van der Waals surface area contributed by atoms with Gasteiger partial charge in [0.15, 0.2) is 23.2 Å². The molecule has 2 atom stereocenters. The third kappa shape index (κ3) is 4.78. The van der Waals surface area contributed by atoms with E-state index in [1.807, 2.05) is 0 Å². The van der Waals surface area contributed by atoms with E-state index in [0.717, 1.165) is 18.6 Å². The van der Waals surface area contributed by atoms with E-state index >= 15 is 0 Å². The van der Waals surface area contributed by atoms with E-state index in [1.54, 1.807) is 0 Å². The molecule has 0 unspecified atom stereocenters. The van der Waals surface area contributed by atoms with E-state index in [9.17, 15) is 23.1 Å². The number of aliphatic hydroxyl groups is 1. The molecule has 3 aromatic rings. The van der Waals surface area contributed by atoms with Gasteiger partial charge >= 0.3 is 0 Å². The van der Waals surface area contributed by atoms with E-state index in [1.165, 1.54) is 12.4 Å². The highest BCUT2D eigenvalue weighted by molar-refractivity contribution is 6.06. The van der Waals surface area contributed by atoms with Crippen molar-refractivity contribution in [1.29, 1.82) is 0 Å². The van der Waals surface area contributed by atoms with Gasteiger partial charge in [-0.2, -0.15) is 0 Å². The number of amides is 1. The lowest BCUT2D eigenvalue weighted by molar-refractivity contribution is -0.0676. The first-order valence-electron chi connectivity index (χ1n) is 11.6. The summed E-state index contributed by atoms with van der Waals surface area (Å²) in [5.41, 5.74) is 4.86. The van der Waals surface area contributed by atoms with Crippen LogP contribution in [0.2, 0.25) is 0 Å². The number of nitrogens with zero attached hydrogens (tertiary/aromatic N) is 3. The van der Waals surface area contributed by atoms with Crippen LogP contribution in [0.3, 0.4) is 0 Å². The van der Waals surface area contributed by atoms with Crippen molar-refractivity contribution in [3.05, 3.63) is 41.7 Å². The van der Waals surface area contributed by atoms with Gasteiger partial charge in [0.2, 0.25) is 0 Å². The van der Waals surface area contributed by atoms with Crippen molar-refractivity contribution in [3.63, 3.8) is 0 Å². The molecule has 1 aliphatic heterocycles. The van der Waals surface area contributed by atoms with Crippen LogP contribution in [0.5, 0.6) is 5.75 Å². The number of fused-ring (bicyclic) bond motifs is 1. The Morgan fingerprint density at radius 1 is 1.19 bits per heavy atom. The Labute approximate surface area is 204 Å². The number of anilines is 1. The van der Waals surface area contributed by atoms with Crippen molar-refractivity contribution in [3.8, 4) is 17.0 Å². The van der Waals surface area contributed by atoms with Crippen LogP contribution < -0.4 is 21.1 Å². The molecule has 9 nitrogen and oxygen atoms in total. The number of benzene rings is 1. The van der Waals surface area contributed by atoms with E-state index in [-0.39, 0.29) is 59.3 Å². The van der Waals surface area contributed by atoms with Gasteiger partial charge in [0, 0.05) is 31.1 Å². The predicted molar refractivity (Wildman–Crippen MR) is 125 cm³/mol. The number of hydrogen-bond acceptors (Lipinski definition) is 8. The summed E-state index contributed by atoms with van der Waals surface area (Å²) in [6.45, 7) is 0.525. The quantitative estimate of drug-likeness (QED) is 0.387. The first kappa shape index (κ1) is 24.2. The van der Waals surface area contributed by atoms with Crippen LogP contribution >= 0.6 is 0 Å². The zero-order chi connectivity index (χ0) is 25.4. The Morgan fingerprint density at radius 2 is 1.94 bits per heavy atom. The number of pyridine rings is 1. The van der Waals surface area contributed by atoms with Gasteiger partial charge < -0.3 is 26.2 Å². The monoisotopic (exact) mass is 502 g/mol. The number of primary amides is 1. The van der Waals surface area contributed by atoms with Gasteiger partial charge in [-0.3, -0.25) is 4.79 Å². The Bertz CT molecular complexity index is 1300. The predicted octanol–water partition coefficient (Wildman–Crippen LogP) is 2.47. The summed E-state index contributed by atoms with van der Waals surface area (Å²) in [4.78, 5) is 25.0. The maximum Gasteiger partial charge on any atom is 0.251 e. The van der Waals surface area contributed by atoms with Gasteiger partial charge in [-0.1, -0.05) is 0 Å². The number of nitrogens with one attached hydrogen (secondary N) is 2. The molecule has 0 bridgehead atoms. The lowest BCUT2D eigenvalue weighted by Gasteiger charge is -2.36. The zero-order valence-electron chi connectivity index (χ0n) is 19.2. The molecular weight excluding hydrogens is 477 g/mol. The van der Waals surface area contributed by atoms with E-state index in [4.69, 9.17) is 10.5 Å². The van der Waals surface area contributed by atoms with Crippen LogP contribution in [0, 0.1) is 11.6 Å². The zero-order valence-corrected chi connectivity index (χ0v) is 19.2. The number of piperidine rings is 1. The summed E-state index contributed by atoms with van der Waals surface area (Å²) in [6, 6.07) is 3.05. The second-order valence-electron chi connectivity index (χ2n) is 9.31. The van der Waals surface area contributed by atoms with Gasteiger partial charge in [0.05, 0.1) is 16.9 Å². The summed E-state index contributed by atoms with van der Waals surface area (Å²) < 4.78 is 48.8. The van der Waals surface area contributed by atoms with Gasteiger partial charge in [-0.25, -0.2) is 28.1 Å². The highest BCUT2D eigenvalue weighted by atomic mass is 19.1. The Hall–Kier alpha value is -3.51. The van der Waals surface area contributed by atoms with Crippen molar-refractivity contribution >= 4 is 22.8 Å². The molecule has 5 rings (SSSR count). The number of alkyl halides is 1. The van der Waals surface area contributed by atoms with Crippen molar-refractivity contribution < 1.29 is 27.8 Å². The van der Waals surface area contributed by atoms with Crippen molar-refractivity contribution in [2.75, 3.05) is 25.0 Å². The summed E-state index contributed by atoms with van der Waals surface area (Å²) in [5.74, 6) is -3.15. The molecule has 2 aromatic heterocycles. The summed E-state index contributed by atoms with van der Waals surface area (Å²) in [6.07, 6.45) is 2.27. The molecule has 2 fully saturated rings. The van der Waals surface area contributed by atoms with Gasteiger partial charge in [0.25, 0.3) is 5.91 Å². The molecule has 0 radical (unpaired) electrons. The molecule has 0 spiro atoms. The fourth-order valence-electron chi connectivity index (χ4n) is 4.46. The fourth-order valence-corrected chi connectivity index (χ4v) is 4.46. The number of nitrogens with two attached hydrogens (primary N) is 1. The molecular formula is C24H25F3N6O3. The van der Waals surface area contributed by atoms with Crippen LogP contribution in [-0.4, -0.2) is 63.5 Å². The van der Waals surface area contributed by atoms with Crippen molar-refractivity contribution in [2.24, 2.45) is 5.73 Å². The third-order valence-corrected chi connectivity index (χ3v) is 6.56. The first-order valence-corrected chi connectivity index (χ1v) is 11.6. The highest BCUT2D eigenvalue weighted by Crippen LogP contribution is 2.35. The standard InChI is InChI=1S/C24H25F3N6O3/c25-13-6-14(9-29-8-13)32-23-20-19(30-11-31-23)15(22(28)34)7-18(33-20)12-4-16(26)21(17(27)5-12)36-10-24(35)2-1-3-24/h4-5,7,11,13-14,29,35H,1-3,6,8-10H2,(H2,28,34)(H,30,31,32)/t13-,14-/m0/s1. The second-order valence-corrected chi connectivity index (χ2v) is 9.31. The number of carbonyl (C=O) groups is 1. The minimum Gasteiger partial charge on any atom is -0.485 e. The maximum atomic E-state index is 14.8. The number of hydrogen-bond donors (Lipinski definition) is 4. The SMILES string of the molecule is NC(=O)c1cc(-c2cc(F)c(OCC3(O)CCC3)c(F)c2)nc2c(N[C@@H]3CNC[C@@H](F)C3)ncnc12. The minimum atomic E-state index is -1.08. The summed E-state index contributed by atoms with van der Waals surface area (Å²) in [7, 11) is 0. The smallest absolute Gasteiger partial charge is 0.251 e. The van der Waals surface area contributed by atoms with Crippen LogP contribution in [-0.2, 0) is 0 Å².